The van der Waals surface area contributed by atoms with Gasteiger partial charge in [-0.3, -0.25) is 4.90 Å². The molecule has 158 valence electrons. The average Bonchev–Trinajstić information content (AvgIpc) is 2.64. The van der Waals surface area contributed by atoms with Gasteiger partial charge in [0.25, 0.3) is 0 Å². The predicted octanol–water partition coefficient (Wildman–Crippen LogP) is 1.10. The van der Waals surface area contributed by atoms with Crippen LogP contribution in [0.4, 0.5) is 0 Å². The van der Waals surface area contributed by atoms with E-state index in [2.05, 4.69) is 11.0 Å². The van der Waals surface area contributed by atoms with Crippen molar-refractivity contribution in [2.24, 2.45) is 0 Å². The standard InChI is InChI=1S/C16H26N2O3S.C2H2O4/c1-3-13-22(19,20)18-11-9-17(10-12-18)14-15-7-5-6-8-16(15)21-4-2;3-1(4)2(5)6/h5-8H,3-4,9-14H2,1-2H3;(H,3,4)(H,5,6). The number of carboxylic acid groups (broad SMARTS) is 2. The second-order valence-electron chi connectivity index (χ2n) is 6.14. The molecule has 1 fully saturated rings. The summed E-state index contributed by atoms with van der Waals surface area (Å²) in [4.78, 5) is 20.5. The van der Waals surface area contributed by atoms with Crippen LogP contribution in [0.5, 0.6) is 5.75 Å². The van der Waals surface area contributed by atoms with Crippen LogP contribution in [-0.2, 0) is 26.2 Å². The molecule has 9 nitrogen and oxygen atoms in total. The molecule has 0 spiro atoms. The van der Waals surface area contributed by atoms with E-state index in [0.29, 0.717) is 26.1 Å². The van der Waals surface area contributed by atoms with Gasteiger partial charge in [0.2, 0.25) is 10.0 Å². The van der Waals surface area contributed by atoms with Crippen LogP contribution in [0.3, 0.4) is 0 Å². The van der Waals surface area contributed by atoms with Crippen LogP contribution < -0.4 is 4.74 Å². The van der Waals surface area contributed by atoms with E-state index in [1.807, 2.05) is 32.0 Å². The Labute approximate surface area is 165 Å². The SMILES string of the molecule is CCCS(=O)(=O)N1CCN(Cc2ccccc2OCC)CC1.O=C(O)C(=O)O. The molecule has 0 amide bonds. The fourth-order valence-electron chi connectivity index (χ4n) is 2.72. The van der Waals surface area contributed by atoms with Crippen molar-refractivity contribution in [1.29, 1.82) is 0 Å². The minimum absolute atomic E-state index is 0.250. The maximum absolute atomic E-state index is 12.1. The normalized spacial score (nSPS) is 15.4. The predicted molar refractivity (Wildman–Crippen MR) is 104 cm³/mol. The zero-order valence-electron chi connectivity index (χ0n) is 16.2. The molecule has 28 heavy (non-hydrogen) atoms. The van der Waals surface area contributed by atoms with Gasteiger partial charge in [-0.05, 0) is 19.4 Å². The number of hydrogen-bond acceptors (Lipinski definition) is 6. The average molecular weight is 416 g/mol. The number of aliphatic carboxylic acids is 2. The Balaban J connectivity index is 0.000000568. The third-order valence-electron chi connectivity index (χ3n) is 4.04. The Morgan fingerprint density at radius 1 is 1.04 bits per heavy atom. The molecule has 1 aromatic rings. The van der Waals surface area contributed by atoms with Crippen molar-refractivity contribution >= 4 is 22.0 Å². The zero-order chi connectivity index (χ0) is 21.2. The van der Waals surface area contributed by atoms with Gasteiger partial charge in [0, 0.05) is 38.3 Å². The molecule has 0 radical (unpaired) electrons. The van der Waals surface area contributed by atoms with Crippen LogP contribution in [0, 0.1) is 0 Å². The largest absolute Gasteiger partial charge is 0.494 e. The number of benzene rings is 1. The van der Waals surface area contributed by atoms with Crippen molar-refractivity contribution in [2.75, 3.05) is 38.5 Å². The van der Waals surface area contributed by atoms with E-state index in [4.69, 9.17) is 24.5 Å². The number of hydrogen-bond donors (Lipinski definition) is 2. The summed E-state index contributed by atoms with van der Waals surface area (Å²) in [6.45, 7) is 8.04. The highest BCUT2D eigenvalue weighted by Crippen LogP contribution is 2.21. The fourth-order valence-corrected chi connectivity index (χ4v) is 4.22. The van der Waals surface area contributed by atoms with Crippen molar-refractivity contribution in [3.8, 4) is 5.75 Å². The maximum atomic E-state index is 12.1. The van der Waals surface area contributed by atoms with E-state index in [-0.39, 0.29) is 5.75 Å². The van der Waals surface area contributed by atoms with Crippen molar-refractivity contribution in [2.45, 2.75) is 26.8 Å². The van der Waals surface area contributed by atoms with E-state index in [1.165, 1.54) is 0 Å². The highest BCUT2D eigenvalue weighted by Gasteiger charge is 2.26. The summed E-state index contributed by atoms with van der Waals surface area (Å²) in [6.07, 6.45) is 0.671. The third-order valence-corrected chi connectivity index (χ3v) is 6.11. The molecule has 0 aliphatic carbocycles. The van der Waals surface area contributed by atoms with E-state index in [0.717, 1.165) is 30.9 Å². The van der Waals surface area contributed by atoms with Gasteiger partial charge < -0.3 is 14.9 Å². The first kappa shape index (κ1) is 23.9. The molecule has 0 bridgehead atoms. The lowest BCUT2D eigenvalue weighted by Gasteiger charge is -2.34. The highest BCUT2D eigenvalue weighted by molar-refractivity contribution is 7.89. The minimum atomic E-state index is -3.06. The lowest BCUT2D eigenvalue weighted by atomic mass is 10.2. The summed E-state index contributed by atoms with van der Waals surface area (Å²) in [5, 5.41) is 14.8. The Morgan fingerprint density at radius 3 is 2.11 bits per heavy atom. The Hall–Kier alpha value is -2.17. The van der Waals surface area contributed by atoms with Crippen molar-refractivity contribution in [3.63, 3.8) is 0 Å². The summed E-state index contributed by atoms with van der Waals surface area (Å²) in [7, 11) is -3.06. The summed E-state index contributed by atoms with van der Waals surface area (Å²) < 4.78 is 31.4. The lowest BCUT2D eigenvalue weighted by molar-refractivity contribution is -0.159. The number of rotatable bonds is 7. The topological polar surface area (TPSA) is 124 Å². The van der Waals surface area contributed by atoms with Crippen molar-refractivity contribution in [3.05, 3.63) is 29.8 Å². The van der Waals surface area contributed by atoms with Crippen LogP contribution in [0.15, 0.2) is 24.3 Å². The molecule has 1 aromatic carbocycles. The molecule has 1 saturated heterocycles. The number of nitrogens with zero attached hydrogens (tertiary/aromatic N) is 2. The fraction of sp³-hybridized carbons (Fsp3) is 0.556. The van der Waals surface area contributed by atoms with Crippen LogP contribution in [0.2, 0.25) is 0 Å². The molecule has 0 saturated carbocycles. The number of carbonyl (C=O) groups is 2. The molecule has 0 aromatic heterocycles. The van der Waals surface area contributed by atoms with Crippen LogP contribution in [-0.4, -0.2) is 78.3 Å². The molecule has 1 heterocycles. The molecular weight excluding hydrogens is 388 g/mol. The number of piperazine rings is 1. The van der Waals surface area contributed by atoms with Gasteiger partial charge in [-0.15, -0.1) is 0 Å². The lowest BCUT2D eigenvalue weighted by Crippen LogP contribution is -2.48. The van der Waals surface area contributed by atoms with Gasteiger partial charge in [-0.2, -0.15) is 4.31 Å². The molecule has 2 rings (SSSR count). The van der Waals surface area contributed by atoms with Crippen molar-refractivity contribution < 1.29 is 33.0 Å². The van der Waals surface area contributed by atoms with E-state index in [9.17, 15) is 8.42 Å². The molecule has 0 unspecified atom stereocenters. The number of ether oxygens (including phenoxy) is 1. The quantitative estimate of drug-likeness (QED) is 0.633. The van der Waals surface area contributed by atoms with Crippen LogP contribution in [0.25, 0.3) is 0 Å². The molecule has 2 N–H and O–H groups in total. The van der Waals surface area contributed by atoms with Crippen LogP contribution >= 0.6 is 0 Å². The van der Waals surface area contributed by atoms with Gasteiger partial charge in [0.15, 0.2) is 0 Å². The van der Waals surface area contributed by atoms with Gasteiger partial charge in [0.05, 0.1) is 12.4 Å². The Kier molecular flexibility index (Phi) is 9.91. The Morgan fingerprint density at radius 2 is 1.61 bits per heavy atom. The monoisotopic (exact) mass is 416 g/mol. The van der Waals surface area contributed by atoms with E-state index >= 15 is 0 Å². The summed E-state index contributed by atoms with van der Waals surface area (Å²) >= 11 is 0. The first-order valence-corrected chi connectivity index (χ1v) is 10.7. The van der Waals surface area contributed by atoms with Crippen molar-refractivity contribution in [1.82, 2.24) is 9.21 Å². The summed E-state index contributed by atoms with van der Waals surface area (Å²) in [5.74, 6) is -2.48. The third kappa shape index (κ3) is 7.83. The van der Waals surface area contributed by atoms with E-state index < -0.39 is 22.0 Å². The number of sulfonamides is 1. The van der Waals surface area contributed by atoms with Gasteiger partial charge in [0.1, 0.15) is 5.75 Å². The van der Waals surface area contributed by atoms with Gasteiger partial charge in [-0.1, -0.05) is 25.1 Å². The second kappa shape index (κ2) is 11.6. The molecule has 10 heteroatoms. The highest BCUT2D eigenvalue weighted by atomic mass is 32.2. The number of para-hydroxylation sites is 1. The van der Waals surface area contributed by atoms with Crippen LogP contribution in [0.1, 0.15) is 25.8 Å². The first-order chi connectivity index (χ1) is 13.2. The van der Waals surface area contributed by atoms with Gasteiger partial charge >= 0.3 is 11.9 Å². The number of carboxylic acids is 2. The maximum Gasteiger partial charge on any atom is 0.414 e. The first-order valence-electron chi connectivity index (χ1n) is 9.08. The molecule has 1 aliphatic heterocycles. The zero-order valence-corrected chi connectivity index (χ0v) is 17.0. The molecule has 0 atom stereocenters. The molecular formula is C18H28N2O7S. The summed E-state index contributed by atoms with van der Waals surface area (Å²) in [5.41, 5.74) is 1.16. The van der Waals surface area contributed by atoms with E-state index in [1.54, 1.807) is 4.31 Å². The van der Waals surface area contributed by atoms with Gasteiger partial charge in [-0.25, -0.2) is 18.0 Å². The molecule has 1 aliphatic rings. The summed E-state index contributed by atoms with van der Waals surface area (Å²) in [6, 6.07) is 8.05. The smallest absolute Gasteiger partial charge is 0.414 e. The Bertz CT molecular complexity index is 732. The second-order valence-corrected chi connectivity index (χ2v) is 8.23. The minimum Gasteiger partial charge on any atom is -0.494 e.